The Labute approximate surface area is 206 Å². The Morgan fingerprint density at radius 1 is 0.944 bits per heavy atom. The minimum Gasteiger partial charge on any atom is -0.348 e. The summed E-state index contributed by atoms with van der Waals surface area (Å²) < 4.78 is 44.5. The Hall–Kier alpha value is -3.95. The molecule has 0 radical (unpaired) electrons. The normalized spacial score (nSPS) is 12.2. The molecule has 7 nitrogen and oxygen atoms in total. The molecule has 0 aliphatic carbocycles. The van der Waals surface area contributed by atoms with Gasteiger partial charge in [-0.1, -0.05) is 24.3 Å². The maximum absolute atomic E-state index is 13.0. The molecule has 1 aromatic carbocycles. The predicted octanol–water partition coefficient (Wildman–Crippen LogP) is 5.73. The highest BCUT2D eigenvalue weighted by atomic mass is 19.4. The molecule has 0 unspecified atom stereocenters. The lowest BCUT2D eigenvalue weighted by molar-refractivity contribution is -0.140. The van der Waals surface area contributed by atoms with Crippen LogP contribution in [0.5, 0.6) is 0 Å². The maximum atomic E-state index is 13.0. The number of hydrogen-bond acceptors (Lipinski definition) is 4. The fourth-order valence-electron chi connectivity index (χ4n) is 4.46. The molecule has 5 aromatic rings. The summed E-state index contributed by atoms with van der Waals surface area (Å²) in [4.78, 5) is 13.3. The fourth-order valence-corrected chi connectivity index (χ4v) is 4.46. The van der Waals surface area contributed by atoms with E-state index in [1.165, 1.54) is 4.57 Å². The molecule has 0 bridgehead atoms. The number of hydrogen-bond donors (Lipinski definition) is 0. The van der Waals surface area contributed by atoms with E-state index >= 15 is 0 Å². The summed E-state index contributed by atoms with van der Waals surface area (Å²) in [5.41, 5.74) is 5.47. The van der Waals surface area contributed by atoms with Crippen LogP contribution in [-0.2, 0) is 26.7 Å². The number of alkyl halides is 3. The monoisotopic (exact) mass is 493 g/mol. The summed E-state index contributed by atoms with van der Waals surface area (Å²) >= 11 is 0. The van der Waals surface area contributed by atoms with Gasteiger partial charge < -0.3 is 9.13 Å². The highest BCUT2D eigenvalue weighted by Gasteiger charge is 2.34. The van der Waals surface area contributed by atoms with Crippen molar-refractivity contribution in [3.63, 3.8) is 0 Å². The molecule has 0 spiro atoms. The average molecular weight is 494 g/mol. The molecule has 0 amide bonds. The van der Waals surface area contributed by atoms with Crippen LogP contribution in [0.15, 0.2) is 49.1 Å². The first-order valence-corrected chi connectivity index (χ1v) is 11.6. The largest absolute Gasteiger partial charge is 0.434 e. The minimum absolute atomic E-state index is 0.174. The number of aromatic nitrogens is 7. The summed E-state index contributed by atoms with van der Waals surface area (Å²) in [5, 5.41) is 4.48. The van der Waals surface area contributed by atoms with E-state index in [9.17, 15) is 13.2 Å². The number of aryl methyl sites for hydroxylation is 3. The van der Waals surface area contributed by atoms with E-state index in [0.717, 1.165) is 39.6 Å². The van der Waals surface area contributed by atoms with Gasteiger partial charge in [-0.25, -0.2) is 15.0 Å². The molecule has 36 heavy (non-hydrogen) atoms. The van der Waals surface area contributed by atoms with Gasteiger partial charge in [0.15, 0.2) is 11.5 Å². The van der Waals surface area contributed by atoms with Crippen LogP contribution in [0.4, 0.5) is 13.2 Å². The quantitative estimate of drug-likeness (QED) is 0.314. The van der Waals surface area contributed by atoms with E-state index in [1.807, 2.05) is 53.9 Å². The molecule has 186 valence electrons. The highest BCUT2D eigenvalue weighted by molar-refractivity contribution is 5.81. The van der Waals surface area contributed by atoms with Gasteiger partial charge in [0.2, 0.25) is 0 Å². The van der Waals surface area contributed by atoms with E-state index in [2.05, 4.69) is 28.9 Å². The summed E-state index contributed by atoms with van der Waals surface area (Å²) in [6.45, 7) is 6.14. The smallest absolute Gasteiger partial charge is 0.348 e. The number of imidazole rings is 1. The average Bonchev–Trinajstić information content (AvgIpc) is 3.49. The third kappa shape index (κ3) is 4.16. The molecule has 0 N–H and O–H groups in total. The second-order valence-electron chi connectivity index (χ2n) is 9.34. The van der Waals surface area contributed by atoms with Crippen LogP contribution in [-0.4, -0.2) is 33.9 Å². The Balaban J connectivity index is 1.48. The summed E-state index contributed by atoms with van der Waals surface area (Å²) in [5.74, 6) is 0.901. The highest BCUT2D eigenvalue weighted by Crippen LogP contribution is 2.31. The first kappa shape index (κ1) is 23.8. The van der Waals surface area contributed by atoms with Gasteiger partial charge >= 0.3 is 6.18 Å². The van der Waals surface area contributed by atoms with Gasteiger partial charge in [0.05, 0.1) is 23.4 Å². The lowest BCUT2D eigenvalue weighted by atomic mass is 10.0. The van der Waals surface area contributed by atoms with Crippen molar-refractivity contribution in [3.8, 4) is 22.9 Å². The van der Waals surface area contributed by atoms with Crippen LogP contribution >= 0.6 is 0 Å². The van der Waals surface area contributed by atoms with Gasteiger partial charge in [-0.3, -0.25) is 4.68 Å². The van der Waals surface area contributed by atoms with Crippen molar-refractivity contribution >= 4 is 11.0 Å². The SMILES string of the molecule is Cc1cnn(C(C)C)c1-c1ncc2c(n1)c(Cc1ccc(-c3nc(C(F)(F)F)cn3C)cc1)cn2C. The zero-order valence-corrected chi connectivity index (χ0v) is 20.7. The van der Waals surface area contributed by atoms with Crippen LogP contribution in [0.3, 0.4) is 0 Å². The second-order valence-corrected chi connectivity index (χ2v) is 9.34. The number of rotatable bonds is 5. The van der Waals surface area contributed by atoms with E-state index in [4.69, 9.17) is 4.98 Å². The molecule has 0 saturated carbocycles. The van der Waals surface area contributed by atoms with Crippen LogP contribution in [0.2, 0.25) is 0 Å². The van der Waals surface area contributed by atoms with Crippen molar-refractivity contribution in [1.29, 1.82) is 0 Å². The number of halogens is 3. The Morgan fingerprint density at radius 3 is 2.31 bits per heavy atom. The van der Waals surface area contributed by atoms with Gasteiger partial charge in [0, 0.05) is 50.1 Å². The Bertz CT molecular complexity index is 1550. The molecular weight excluding hydrogens is 467 g/mol. The maximum Gasteiger partial charge on any atom is 0.434 e. The molecule has 4 aromatic heterocycles. The van der Waals surface area contributed by atoms with E-state index in [1.54, 1.807) is 19.2 Å². The van der Waals surface area contributed by atoms with Gasteiger partial charge in [-0.2, -0.15) is 18.3 Å². The standard InChI is InChI=1S/C26H26F3N7/c1-15(2)36-23(16(3)11-31-36)24-30-12-20-22(33-24)19(13-34(20)4)10-17-6-8-18(9-7-17)25-32-21(14-35(25)5)26(27,28)29/h6-9,11-15H,10H2,1-5H3. The second kappa shape index (κ2) is 8.61. The Morgan fingerprint density at radius 2 is 1.67 bits per heavy atom. The van der Waals surface area contributed by atoms with Crippen molar-refractivity contribution in [2.45, 2.75) is 39.4 Å². The number of benzene rings is 1. The molecule has 0 fully saturated rings. The van der Waals surface area contributed by atoms with Crippen LogP contribution in [0.25, 0.3) is 33.9 Å². The molecule has 0 aliphatic heterocycles. The van der Waals surface area contributed by atoms with Crippen LogP contribution in [0.1, 0.15) is 42.3 Å². The lowest BCUT2D eigenvalue weighted by Gasteiger charge is -2.11. The first-order chi connectivity index (χ1) is 17.0. The molecule has 0 aliphatic rings. The lowest BCUT2D eigenvalue weighted by Crippen LogP contribution is -2.07. The predicted molar refractivity (Wildman–Crippen MR) is 131 cm³/mol. The van der Waals surface area contributed by atoms with Crippen molar-refractivity contribution in [2.24, 2.45) is 14.1 Å². The summed E-state index contributed by atoms with van der Waals surface area (Å²) in [7, 11) is 3.52. The van der Waals surface area contributed by atoms with Crippen molar-refractivity contribution in [2.75, 3.05) is 0 Å². The van der Waals surface area contributed by atoms with Crippen molar-refractivity contribution < 1.29 is 13.2 Å². The number of fused-ring (bicyclic) bond motifs is 1. The molecule has 0 saturated heterocycles. The summed E-state index contributed by atoms with van der Waals surface area (Å²) in [6, 6.07) is 7.60. The van der Waals surface area contributed by atoms with Gasteiger partial charge in [-0.15, -0.1) is 0 Å². The summed E-state index contributed by atoms with van der Waals surface area (Å²) in [6.07, 6.45) is 2.85. The topological polar surface area (TPSA) is 66.3 Å². The first-order valence-electron chi connectivity index (χ1n) is 11.6. The zero-order valence-electron chi connectivity index (χ0n) is 20.7. The van der Waals surface area contributed by atoms with Gasteiger partial charge in [0.25, 0.3) is 0 Å². The Kier molecular flexibility index (Phi) is 5.69. The van der Waals surface area contributed by atoms with E-state index < -0.39 is 11.9 Å². The van der Waals surface area contributed by atoms with Gasteiger partial charge in [-0.05, 0) is 31.9 Å². The van der Waals surface area contributed by atoms with Crippen LogP contribution < -0.4 is 0 Å². The molecule has 5 rings (SSSR count). The van der Waals surface area contributed by atoms with E-state index in [-0.39, 0.29) is 11.9 Å². The number of nitrogens with zero attached hydrogens (tertiary/aromatic N) is 7. The molecule has 0 atom stereocenters. The third-order valence-corrected chi connectivity index (χ3v) is 6.26. The third-order valence-electron chi connectivity index (χ3n) is 6.26. The van der Waals surface area contributed by atoms with E-state index in [0.29, 0.717) is 17.8 Å². The minimum atomic E-state index is -4.48. The zero-order chi connectivity index (χ0) is 25.8. The van der Waals surface area contributed by atoms with Gasteiger partial charge in [0.1, 0.15) is 11.5 Å². The molecule has 4 heterocycles. The van der Waals surface area contributed by atoms with Crippen LogP contribution in [0, 0.1) is 6.92 Å². The fraction of sp³-hybridized carbons (Fsp3) is 0.308. The van der Waals surface area contributed by atoms with Crippen molar-refractivity contribution in [3.05, 3.63) is 71.4 Å². The molecule has 10 heteroatoms. The molecular formula is C26H26F3N7. The van der Waals surface area contributed by atoms with Crippen molar-refractivity contribution in [1.82, 2.24) is 33.9 Å².